The summed E-state index contributed by atoms with van der Waals surface area (Å²) in [6.45, 7) is 7.39. The number of benzene rings is 1. The van der Waals surface area contributed by atoms with Crippen molar-refractivity contribution in [2.75, 3.05) is 13.1 Å². The summed E-state index contributed by atoms with van der Waals surface area (Å²) in [6.07, 6.45) is 3.04. The smallest absolute Gasteiger partial charge is 0.132 e. The van der Waals surface area contributed by atoms with E-state index in [0.717, 1.165) is 37.6 Å². The summed E-state index contributed by atoms with van der Waals surface area (Å²) in [4.78, 5) is 11.5. The molecule has 1 fully saturated rings. The lowest BCUT2D eigenvalue weighted by atomic mass is 10.1. The normalized spacial score (nSPS) is 19.4. The van der Waals surface area contributed by atoms with Gasteiger partial charge in [-0.15, -0.1) is 0 Å². The predicted octanol–water partition coefficient (Wildman–Crippen LogP) is 3.08. The molecule has 0 bridgehead atoms. The Hall–Kier alpha value is -1.74. The fourth-order valence-electron chi connectivity index (χ4n) is 2.80. The van der Waals surface area contributed by atoms with E-state index < -0.39 is 0 Å². The third kappa shape index (κ3) is 3.05. The maximum atomic E-state index is 4.57. The van der Waals surface area contributed by atoms with Gasteiger partial charge in [0.15, 0.2) is 0 Å². The van der Waals surface area contributed by atoms with Gasteiger partial charge in [0.25, 0.3) is 0 Å². The van der Waals surface area contributed by atoms with Crippen LogP contribution >= 0.6 is 0 Å². The van der Waals surface area contributed by atoms with Gasteiger partial charge in [-0.05, 0) is 38.4 Å². The van der Waals surface area contributed by atoms with Crippen molar-refractivity contribution in [3.63, 3.8) is 0 Å². The number of likely N-dealkylation sites (tertiary alicyclic amines) is 1. The van der Waals surface area contributed by atoms with Crippen molar-refractivity contribution in [2.24, 2.45) is 0 Å². The molecule has 3 rings (SSSR count). The van der Waals surface area contributed by atoms with Gasteiger partial charge < -0.3 is 0 Å². The van der Waals surface area contributed by atoms with Crippen molar-refractivity contribution >= 4 is 0 Å². The van der Waals surface area contributed by atoms with E-state index in [9.17, 15) is 0 Å². The van der Waals surface area contributed by atoms with Gasteiger partial charge in [-0.2, -0.15) is 0 Å². The van der Waals surface area contributed by atoms with Crippen LogP contribution in [0.4, 0.5) is 0 Å². The van der Waals surface area contributed by atoms with E-state index in [1.165, 1.54) is 11.1 Å². The monoisotopic (exact) mass is 267 g/mol. The highest BCUT2D eigenvalue weighted by molar-refractivity contribution is 5.21. The first-order chi connectivity index (χ1) is 9.70. The van der Waals surface area contributed by atoms with Gasteiger partial charge in [0.2, 0.25) is 0 Å². The number of aryl methyl sites for hydroxylation is 2. The van der Waals surface area contributed by atoms with Gasteiger partial charge in [-0.25, -0.2) is 9.97 Å². The molecule has 1 atom stereocenters. The highest BCUT2D eigenvalue weighted by Gasteiger charge is 2.25. The van der Waals surface area contributed by atoms with Crippen LogP contribution < -0.4 is 0 Å². The minimum absolute atomic E-state index is 0.486. The number of rotatable bonds is 3. The molecule has 3 nitrogen and oxygen atoms in total. The van der Waals surface area contributed by atoms with Crippen LogP contribution in [0.25, 0.3) is 0 Å². The van der Waals surface area contributed by atoms with Crippen molar-refractivity contribution in [3.8, 4) is 0 Å². The first-order valence-electron chi connectivity index (χ1n) is 7.28. The van der Waals surface area contributed by atoms with Crippen molar-refractivity contribution in [1.29, 1.82) is 0 Å². The summed E-state index contributed by atoms with van der Waals surface area (Å²) in [5.41, 5.74) is 3.77. The Morgan fingerprint density at radius 1 is 1.15 bits per heavy atom. The van der Waals surface area contributed by atoms with Crippen LogP contribution in [-0.4, -0.2) is 28.0 Å². The second kappa shape index (κ2) is 5.71. The number of hydrogen-bond acceptors (Lipinski definition) is 3. The van der Waals surface area contributed by atoms with E-state index in [-0.39, 0.29) is 0 Å². The van der Waals surface area contributed by atoms with Crippen LogP contribution in [0.5, 0.6) is 0 Å². The lowest BCUT2D eigenvalue weighted by Crippen LogP contribution is -2.20. The summed E-state index contributed by atoms with van der Waals surface area (Å²) in [5.74, 6) is 1.50. The molecule has 2 aromatic rings. The van der Waals surface area contributed by atoms with Crippen LogP contribution in [0.2, 0.25) is 0 Å². The molecule has 3 heteroatoms. The average molecular weight is 267 g/mol. The molecule has 1 aromatic heterocycles. The van der Waals surface area contributed by atoms with Crippen molar-refractivity contribution in [3.05, 3.63) is 59.2 Å². The van der Waals surface area contributed by atoms with Gasteiger partial charge in [-0.1, -0.05) is 29.8 Å². The number of hydrogen-bond donors (Lipinski definition) is 0. The summed E-state index contributed by atoms with van der Waals surface area (Å²) in [6, 6.07) is 10.8. The number of nitrogens with zero attached hydrogens (tertiary/aromatic N) is 3. The molecule has 1 aliphatic rings. The molecule has 1 aromatic carbocycles. The molecular weight excluding hydrogens is 246 g/mol. The lowest BCUT2D eigenvalue weighted by Gasteiger charge is -2.16. The molecule has 1 saturated heterocycles. The Labute approximate surface area is 120 Å². The molecule has 0 unspecified atom stereocenters. The fourth-order valence-corrected chi connectivity index (χ4v) is 2.80. The first-order valence-corrected chi connectivity index (χ1v) is 7.28. The Kier molecular flexibility index (Phi) is 3.79. The SMILES string of the molecule is Cc1ccc(CN2CC[C@@H](c3nccc(C)n3)C2)cc1. The Bertz CT molecular complexity index is 577. The largest absolute Gasteiger partial charge is 0.298 e. The third-order valence-electron chi connectivity index (χ3n) is 3.98. The molecule has 0 N–H and O–H groups in total. The molecule has 20 heavy (non-hydrogen) atoms. The average Bonchev–Trinajstić information content (AvgIpc) is 2.90. The second-order valence-corrected chi connectivity index (χ2v) is 5.76. The minimum Gasteiger partial charge on any atom is -0.298 e. The maximum absolute atomic E-state index is 4.57. The van der Waals surface area contributed by atoms with Crippen LogP contribution in [0.15, 0.2) is 36.5 Å². The van der Waals surface area contributed by atoms with Crippen LogP contribution in [0.3, 0.4) is 0 Å². The van der Waals surface area contributed by atoms with Crippen LogP contribution in [0, 0.1) is 13.8 Å². The van der Waals surface area contributed by atoms with Crippen molar-refractivity contribution in [2.45, 2.75) is 32.7 Å². The zero-order valence-corrected chi connectivity index (χ0v) is 12.2. The fraction of sp³-hybridized carbons (Fsp3) is 0.412. The lowest BCUT2D eigenvalue weighted by molar-refractivity contribution is 0.325. The molecule has 1 aliphatic heterocycles. The van der Waals surface area contributed by atoms with Crippen LogP contribution in [-0.2, 0) is 6.54 Å². The molecular formula is C17H21N3. The number of aromatic nitrogens is 2. The topological polar surface area (TPSA) is 29.0 Å². The van der Waals surface area contributed by atoms with Gasteiger partial charge in [0.1, 0.15) is 5.82 Å². The van der Waals surface area contributed by atoms with Crippen LogP contribution in [0.1, 0.15) is 35.0 Å². The van der Waals surface area contributed by atoms with E-state index in [0.29, 0.717) is 5.92 Å². The quantitative estimate of drug-likeness (QED) is 0.855. The van der Waals surface area contributed by atoms with E-state index in [1.54, 1.807) is 0 Å². The zero-order chi connectivity index (χ0) is 13.9. The first kappa shape index (κ1) is 13.3. The van der Waals surface area contributed by atoms with E-state index >= 15 is 0 Å². The summed E-state index contributed by atoms with van der Waals surface area (Å²) >= 11 is 0. The van der Waals surface area contributed by atoms with Crippen molar-refractivity contribution in [1.82, 2.24) is 14.9 Å². The second-order valence-electron chi connectivity index (χ2n) is 5.76. The maximum Gasteiger partial charge on any atom is 0.132 e. The molecule has 0 spiro atoms. The minimum atomic E-state index is 0.486. The highest BCUT2D eigenvalue weighted by atomic mass is 15.1. The van der Waals surface area contributed by atoms with E-state index in [1.807, 2.05) is 19.2 Å². The molecule has 2 heterocycles. The highest BCUT2D eigenvalue weighted by Crippen LogP contribution is 2.25. The molecule has 0 saturated carbocycles. The molecule has 0 amide bonds. The summed E-state index contributed by atoms with van der Waals surface area (Å²) < 4.78 is 0. The van der Waals surface area contributed by atoms with Crippen molar-refractivity contribution < 1.29 is 0 Å². The van der Waals surface area contributed by atoms with E-state index in [2.05, 4.69) is 46.1 Å². The predicted molar refractivity (Wildman–Crippen MR) is 80.6 cm³/mol. The molecule has 0 aliphatic carbocycles. The zero-order valence-electron chi connectivity index (χ0n) is 12.2. The summed E-state index contributed by atoms with van der Waals surface area (Å²) in [5, 5.41) is 0. The molecule has 0 radical (unpaired) electrons. The Morgan fingerprint density at radius 2 is 1.95 bits per heavy atom. The standard InChI is InChI=1S/C17H21N3/c1-13-3-5-15(6-4-13)11-20-10-8-16(12-20)17-18-9-7-14(2)19-17/h3-7,9,16H,8,10-12H2,1-2H3/t16-/m1/s1. The van der Waals surface area contributed by atoms with Gasteiger partial charge >= 0.3 is 0 Å². The third-order valence-corrected chi connectivity index (χ3v) is 3.98. The van der Waals surface area contributed by atoms with Gasteiger partial charge in [-0.3, -0.25) is 4.90 Å². The molecule has 104 valence electrons. The Morgan fingerprint density at radius 3 is 2.70 bits per heavy atom. The van der Waals surface area contributed by atoms with E-state index in [4.69, 9.17) is 0 Å². The van der Waals surface area contributed by atoms with Gasteiger partial charge in [0.05, 0.1) is 0 Å². The Balaban J connectivity index is 1.63. The summed E-state index contributed by atoms with van der Waals surface area (Å²) in [7, 11) is 0. The van der Waals surface area contributed by atoms with Gasteiger partial charge in [0, 0.05) is 30.9 Å².